The highest BCUT2D eigenvalue weighted by Crippen LogP contribution is 2.47. The van der Waals surface area contributed by atoms with E-state index in [4.69, 9.17) is 4.74 Å². The zero-order valence-corrected chi connectivity index (χ0v) is 16.0. The van der Waals surface area contributed by atoms with E-state index in [9.17, 15) is 17.6 Å². The third-order valence-corrected chi connectivity index (χ3v) is 5.82. The Bertz CT molecular complexity index is 1090. The summed E-state index contributed by atoms with van der Waals surface area (Å²) in [6.07, 6.45) is 1.80. The van der Waals surface area contributed by atoms with Crippen molar-refractivity contribution < 1.29 is 22.3 Å². The van der Waals surface area contributed by atoms with E-state index in [0.29, 0.717) is 42.3 Å². The highest BCUT2D eigenvalue weighted by atomic mass is 19.3. The second-order valence-electron chi connectivity index (χ2n) is 7.85. The van der Waals surface area contributed by atoms with Gasteiger partial charge in [-0.05, 0) is 36.2 Å². The zero-order valence-electron chi connectivity index (χ0n) is 16.0. The van der Waals surface area contributed by atoms with Gasteiger partial charge in [0.05, 0.1) is 30.3 Å². The SMILES string of the molecule is Fc1ccc(F)c(-c2ccnc(C3CCC(F)(F)C3)c2-c2nc3c([nH]2)COCC3)c1. The molecule has 0 radical (unpaired) electrons. The number of nitrogens with one attached hydrogen (secondary N) is 1. The van der Waals surface area contributed by atoms with Gasteiger partial charge in [0.1, 0.15) is 17.5 Å². The molecule has 1 unspecified atom stereocenters. The summed E-state index contributed by atoms with van der Waals surface area (Å²) in [5.41, 5.74) is 2.92. The Morgan fingerprint density at radius 3 is 2.77 bits per heavy atom. The molecule has 1 atom stereocenters. The first-order valence-corrected chi connectivity index (χ1v) is 9.89. The first-order valence-electron chi connectivity index (χ1n) is 9.89. The minimum Gasteiger partial charge on any atom is -0.375 e. The molecule has 3 aromatic rings. The number of aromatic amines is 1. The Hall–Kier alpha value is -2.74. The lowest BCUT2D eigenvalue weighted by Gasteiger charge is -2.17. The quantitative estimate of drug-likeness (QED) is 0.581. The molecule has 30 heavy (non-hydrogen) atoms. The molecule has 0 bridgehead atoms. The molecule has 0 saturated heterocycles. The van der Waals surface area contributed by atoms with E-state index in [1.165, 1.54) is 6.20 Å². The van der Waals surface area contributed by atoms with Crippen LogP contribution in [0.1, 0.15) is 42.3 Å². The number of H-pyrrole nitrogens is 1. The minimum atomic E-state index is -2.76. The van der Waals surface area contributed by atoms with Gasteiger partial charge in [-0.15, -0.1) is 0 Å². The number of ether oxygens (including phenoxy) is 1. The van der Waals surface area contributed by atoms with Crippen molar-refractivity contribution in [3.63, 3.8) is 0 Å². The number of aromatic nitrogens is 3. The van der Waals surface area contributed by atoms with Gasteiger partial charge in [-0.3, -0.25) is 4.98 Å². The summed E-state index contributed by atoms with van der Waals surface area (Å²) in [7, 11) is 0. The number of imidazole rings is 1. The number of pyridine rings is 1. The summed E-state index contributed by atoms with van der Waals surface area (Å²) in [6, 6.07) is 4.77. The lowest BCUT2D eigenvalue weighted by molar-refractivity contribution is 0.00767. The normalized spacial score (nSPS) is 20.3. The molecule has 8 heteroatoms. The first kappa shape index (κ1) is 19.2. The Balaban J connectivity index is 1.72. The molecule has 1 aliphatic carbocycles. The van der Waals surface area contributed by atoms with Crippen LogP contribution in [0.15, 0.2) is 30.5 Å². The van der Waals surface area contributed by atoms with E-state index in [1.54, 1.807) is 6.07 Å². The van der Waals surface area contributed by atoms with Crippen LogP contribution in [-0.4, -0.2) is 27.5 Å². The van der Waals surface area contributed by atoms with Crippen molar-refractivity contribution >= 4 is 0 Å². The smallest absolute Gasteiger partial charge is 0.248 e. The molecular weight excluding hydrogens is 398 g/mol. The highest BCUT2D eigenvalue weighted by Gasteiger charge is 2.42. The first-order chi connectivity index (χ1) is 14.4. The van der Waals surface area contributed by atoms with Gasteiger partial charge in [-0.2, -0.15) is 0 Å². The van der Waals surface area contributed by atoms with E-state index in [1.807, 2.05) is 0 Å². The van der Waals surface area contributed by atoms with Gasteiger partial charge in [0.25, 0.3) is 0 Å². The fourth-order valence-electron chi connectivity index (χ4n) is 4.38. The second-order valence-corrected chi connectivity index (χ2v) is 7.85. The molecule has 1 saturated carbocycles. The summed E-state index contributed by atoms with van der Waals surface area (Å²) in [6.45, 7) is 0.903. The Kier molecular flexibility index (Phi) is 4.61. The predicted molar refractivity (Wildman–Crippen MR) is 102 cm³/mol. The molecule has 156 valence electrons. The molecule has 2 aromatic heterocycles. The van der Waals surface area contributed by atoms with E-state index in [0.717, 1.165) is 29.6 Å². The maximum Gasteiger partial charge on any atom is 0.248 e. The van der Waals surface area contributed by atoms with Crippen LogP contribution in [0.3, 0.4) is 0 Å². The number of halogens is 4. The molecule has 1 fully saturated rings. The number of alkyl halides is 2. The van der Waals surface area contributed by atoms with E-state index in [2.05, 4.69) is 15.0 Å². The average molecular weight is 417 g/mol. The Morgan fingerprint density at radius 1 is 1.13 bits per heavy atom. The molecule has 1 N–H and O–H groups in total. The molecule has 0 amide bonds. The van der Waals surface area contributed by atoms with Gasteiger partial charge >= 0.3 is 0 Å². The summed E-state index contributed by atoms with van der Waals surface area (Å²) in [4.78, 5) is 12.3. The van der Waals surface area contributed by atoms with Crippen LogP contribution in [0.2, 0.25) is 0 Å². The highest BCUT2D eigenvalue weighted by molar-refractivity contribution is 5.83. The molecule has 0 spiro atoms. The average Bonchev–Trinajstić information content (AvgIpc) is 3.32. The Labute approximate surface area is 170 Å². The lowest BCUT2D eigenvalue weighted by Crippen LogP contribution is -2.10. The fraction of sp³-hybridized carbons (Fsp3) is 0.364. The van der Waals surface area contributed by atoms with Gasteiger partial charge in [-0.1, -0.05) is 0 Å². The summed E-state index contributed by atoms with van der Waals surface area (Å²) in [5, 5.41) is 0. The van der Waals surface area contributed by atoms with Crippen LogP contribution >= 0.6 is 0 Å². The number of nitrogens with zero attached hydrogens (tertiary/aromatic N) is 2. The Morgan fingerprint density at radius 2 is 2.00 bits per heavy atom. The van der Waals surface area contributed by atoms with Crippen LogP contribution < -0.4 is 0 Å². The molecule has 4 nitrogen and oxygen atoms in total. The molecule has 5 rings (SSSR count). The van der Waals surface area contributed by atoms with Crippen LogP contribution in [0.25, 0.3) is 22.5 Å². The van der Waals surface area contributed by atoms with E-state index < -0.39 is 23.5 Å². The number of rotatable bonds is 3. The van der Waals surface area contributed by atoms with Gasteiger partial charge in [0.15, 0.2) is 0 Å². The van der Waals surface area contributed by atoms with Gasteiger partial charge in [0, 0.05) is 42.5 Å². The topological polar surface area (TPSA) is 50.8 Å². The van der Waals surface area contributed by atoms with Crippen LogP contribution in [0.5, 0.6) is 0 Å². The maximum absolute atomic E-state index is 14.7. The van der Waals surface area contributed by atoms with Crippen molar-refractivity contribution in [2.24, 2.45) is 0 Å². The predicted octanol–water partition coefficient (Wildman–Crippen LogP) is 5.39. The second kappa shape index (κ2) is 7.19. The standard InChI is InChI=1S/C22H19F4N3O/c23-13-1-2-16(24)15(9-13)14-4-7-27-20(12-3-6-22(25,26)10-12)19(14)21-28-17-5-8-30-11-18(17)29-21/h1-2,4,7,9,12H,3,5-6,8,10-11H2,(H,28,29). The third-order valence-electron chi connectivity index (χ3n) is 5.82. The van der Waals surface area contributed by atoms with Gasteiger partial charge in [0.2, 0.25) is 5.92 Å². The van der Waals surface area contributed by atoms with Crippen molar-refractivity contribution in [2.45, 2.75) is 44.1 Å². The van der Waals surface area contributed by atoms with Crippen LogP contribution in [-0.2, 0) is 17.8 Å². The molecule has 1 aliphatic heterocycles. The van der Waals surface area contributed by atoms with E-state index >= 15 is 0 Å². The van der Waals surface area contributed by atoms with Crippen molar-refractivity contribution in [1.29, 1.82) is 0 Å². The van der Waals surface area contributed by atoms with Gasteiger partial charge in [-0.25, -0.2) is 22.5 Å². The molecule has 1 aromatic carbocycles. The number of benzene rings is 1. The van der Waals surface area contributed by atoms with Crippen molar-refractivity contribution in [2.75, 3.05) is 6.61 Å². The molecular formula is C22H19F4N3O. The third kappa shape index (κ3) is 3.39. The summed E-state index contributed by atoms with van der Waals surface area (Å²) < 4.78 is 62.0. The van der Waals surface area contributed by atoms with E-state index in [-0.39, 0.29) is 24.8 Å². The largest absolute Gasteiger partial charge is 0.375 e. The van der Waals surface area contributed by atoms with Crippen LogP contribution in [0.4, 0.5) is 17.6 Å². The number of fused-ring (bicyclic) bond motifs is 1. The zero-order chi connectivity index (χ0) is 20.9. The maximum atomic E-state index is 14.7. The van der Waals surface area contributed by atoms with Crippen molar-refractivity contribution in [3.05, 3.63) is 59.2 Å². The molecule has 2 aliphatic rings. The number of hydrogen-bond acceptors (Lipinski definition) is 3. The van der Waals surface area contributed by atoms with Crippen molar-refractivity contribution in [1.82, 2.24) is 15.0 Å². The number of hydrogen-bond donors (Lipinski definition) is 1. The molecule has 3 heterocycles. The lowest BCUT2D eigenvalue weighted by atomic mass is 9.91. The monoisotopic (exact) mass is 417 g/mol. The summed E-state index contributed by atoms with van der Waals surface area (Å²) >= 11 is 0. The fourth-order valence-corrected chi connectivity index (χ4v) is 4.38. The van der Waals surface area contributed by atoms with Crippen molar-refractivity contribution in [3.8, 4) is 22.5 Å². The van der Waals surface area contributed by atoms with Crippen LogP contribution in [0, 0.1) is 11.6 Å². The summed E-state index contributed by atoms with van der Waals surface area (Å²) in [5.74, 6) is -4.03. The van der Waals surface area contributed by atoms with Gasteiger partial charge < -0.3 is 9.72 Å². The minimum absolute atomic E-state index is 0.0454.